The van der Waals surface area contributed by atoms with Gasteiger partial charge in [0.25, 0.3) is 0 Å². The van der Waals surface area contributed by atoms with Crippen molar-refractivity contribution in [3.8, 4) is 0 Å². The number of carbonyl (C=O) groups is 1. The molecule has 5 nitrogen and oxygen atoms in total. The van der Waals surface area contributed by atoms with E-state index in [1.807, 2.05) is 20.8 Å². The first-order valence-electron chi connectivity index (χ1n) is 5.80. The van der Waals surface area contributed by atoms with Crippen LogP contribution in [0.2, 0.25) is 0 Å². The van der Waals surface area contributed by atoms with Gasteiger partial charge in [-0.05, 0) is 33.1 Å². The Hall–Kier alpha value is -0.810. The fourth-order valence-corrected chi connectivity index (χ4v) is 2.41. The van der Waals surface area contributed by atoms with Crippen molar-refractivity contribution in [2.24, 2.45) is 5.92 Å². The molecule has 2 heterocycles. The zero-order valence-electron chi connectivity index (χ0n) is 10.1. The normalized spacial score (nSPS) is 30.6. The summed E-state index contributed by atoms with van der Waals surface area (Å²) in [5, 5.41) is 10.9. The zero-order chi connectivity index (χ0) is 11.9. The first-order valence-corrected chi connectivity index (χ1v) is 5.80. The molecule has 1 amide bonds. The molecule has 5 heteroatoms. The Bertz CT molecular complexity index is 287. The van der Waals surface area contributed by atoms with E-state index >= 15 is 0 Å². The Morgan fingerprint density at radius 2 is 2.06 bits per heavy atom. The first kappa shape index (κ1) is 11.7. The summed E-state index contributed by atoms with van der Waals surface area (Å²) in [6, 6.07) is 0.104. The number of ether oxygens (including phenoxy) is 1. The van der Waals surface area contributed by atoms with Crippen LogP contribution in [0, 0.1) is 5.92 Å². The molecule has 0 bridgehead atoms. The Labute approximate surface area is 95.9 Å². The monoisotopic (exact) mass is 228 g/mol. The van der Waals surface area contributed by atoms with Gasteiger partial charge < -0.3 is 14.8 Å². The van der Waals surface area contributed by atoms with Gasteiger partial charge in [-0.1, -0.05) is 0 Å². The van der Waals surface area contributed by atoms with E-state index in [1.54, 1.807) is 4.90 Å². The maximum Gasteiger partial charge on any atom is 0.410 e. The number of rotatable bonds is 0. The van der Waals surface area contributed by atoms with Gasteiger partial charge in [0.05, 0.1) is 6.04 Å². The minimum absolute atomic E-state index is 0.104. The summed E-state index contributed by atoms with van der Waals surface area (Å²) in [6.45, 7) is 7.59. The third kappa shape index (κ3) is 2.30. The predicted molar refractivity (Wildman–Crippen MR) is 58.2 cm³/mol. The number of carbonyl (C=O) groups excluding carboxylic acids is 1. The molecule has 0 spiro atoms. The zero-order valence-corrected chi connectivity index (χ0v) is 10.1. The molecular weight excluding hydrogens is 208 g/mol. The molecule has 0 aromatic heterocycles. The maximum atomic E-state index is 11.8. The van der Waals surface area contributed by atoms with Crippen molar-refractivity contribution in [1.82, 2.24) is 9.96 Å². The van der Waals surface area contributed by atoms with Crippen LogP contribution in [-0.2, 0) is 4.74 Å². The van der Waals surface area contributed by atoms with Crippen LogP contribution in [0.1, 0.15) is 27.2 Å². The van der Waals surface area contributed by atoms with Gasteiger partial charge in [0, 0.05) is 19.6 Å². The molecule has 0 saturated carbocycles. The van der Waals surface area contributed by atoms with Crippen LogP contribution in [-0.4, -0.2) is 52.5 Å². The second-order valence-electron chi connectivity index (χ2n) is 5.66. The average Bonchev–Trinajstić information content (AvgIpc) is 2.65. The quantitative estimate of drug-likeness (QED) is 0.679. The predicted octanol–water partition coefficient (Wildman–Crippen LogP) is 1.32. The molecule has 0 aliphatic carbocycles. The molecule has 92 valence electrons. The molecule has 2 aliphatic rings. The van der Waals surface area contributed by atoms with E-state index in [0.717, 1.165) is 13.0 Å². The van der Waals surface area contributed by atoms with Gasteiger partial charge in [-0.2, -0.15) is 5.06 Å². The highest BCUT2D eigenvalue weighted by atomic mass is 16.6. The molecule has 2 saturated heterocycles. The Kier molecular flexibility index (Phi) is 2.84. The Balaban J connectivity index is 1.92. The topological polar surface area (TPSA) is 53.0 Å². The minimum atomic E-state index is -0.451. The van der Waals surface area contributed by atoms with Crippen LogP contribution >= 0.6 is 0 Å². The lowest BCUT2D eigenvalue weighted by Gasteiger charge is -2.25. The SMILES string of the molecule is CC(C)(C)OC(=O)N1CC2CCN(O)C2C1. The number of hydrogen-bond acceptors (Lipinski definition) is 4. The molecule has 2 rings (SSSR count). The number of amides is 1. The summed E-state index contributed by atoms with van der Waals surface area (Å²) >= 11 is 0. The van der Waals surface area contributed by atoms with Crippen molar-refractivity contribution >= 4 is 6.09 Å². The van der Waals surface area contributed by atoms with Crippen LogP contribution in [0.5, 0.6) is 0 Å². The Morgan fingerprint density at radius 1 is 1.38 bits per heavy atom. The standard InChI is InChI=1S/C11H20N2O3/c1-11(2,3)16-10(14)12-6-8-4-5-13(15)9(8)7-12/h8-9,15H,4-7H2,1-3H3. The van der Waals surface area contributed by atoms with Crippen LogP contribution in [0.25, 0.3) is 0 Å². The van der Waals surface area contributed by atoms with Crippen molar-refractivity contribution in [3.63, 3.8) is 0 Å². The highest BCUT2D eigenvalue weighted by molar-refractivity contribution is 5.68. The van der Waals surface area contributed by atoms with Gasteiger partial charge >= 0.3 is 6.09 Å². The fourth-order valence-electron chi connectivity index (χ4n) is 2.41. The average molecular weight is 228 g/mol. The van der Waals surface area contributed by atoms with Crippen LogP contribution in [0.15, 0.2) is 0 Å². The largest absolute Gasteiger partial charge is 0.444 e. The molecule has 1 N–H and O–H groups in total. The van der Waals surface area contributed by atoms with Gasteiger partial charge in [0.1, 0.15) is 5.60 Å². The smallest absolute Gasteiger partial charge is 0.410 e. The van der Waals surface area contributed by atoms with E-state index in [1.165, 1.54) is 5.06 Å². The van der Waals surface area contributed by atoms with Crippen LogP contribution in [0.3, 0.4) is 0 Å². The van der Waals surface area contributed by atoms with Crippen molar-refractivity contribution in [2.45, 2.75) is 38.8 Å². The van der Waals surface area contributed by atoms with Crippen LogP contribution < -0.4 is 0 Å². The van der Waals surface area contributed by atoms with Gasteiger partial charge in [0.15, 0.2) is 0 Å². The molecule has 2 aliphatic heterocycles. The van der Waals surface area contributed by atoms with Gasteiger partial charge in [-0.15, -0.1) is 0 Å². The summed E-state index contributed by atoms with van der Waals surface area (Å²) in [4.78, 5) is 13.5. The molecule has 2 unspecified atom stereocenters. The van der Waals surface area contributed by atoms with Crippen LogP contribution in [0.4, 0.5) is 4.79 Å². The number of nitrogens with zero attached hydrogens (tertiary/aromatic N) is 2. The molecular formula is C11H20N2O3. The van der Waals surface area contributed by atoms with E-state index < -0.39 is 5.60 Å². The summed E-state index contributed by atoms with van der Waals surface area (Å²) in [5.41, 5.74) is -0.451. The Morgan fingerprint density at radius 3 is 2.62 bits per heavy atom. The van der Waals surface area contributed by atoms with Gasteiger partial charge in [-0.25, -0.2) is 4.79 Å². The van der Waals surface area contributed by atoms with Gasteiger partial charge in [-0.3, -0.25) is 0 Å². The number of hydroxylamine groups is 2. The molecule has 0 radical (unpaired) electrons. The second kappa shape index (κ2) is 3.89. The number of likely N-dealkylation sites (tertiary alicyclic amines) is 1. The third-order valence-electron chi connectivity index (χ3n) is 3.17. The molecule has 2 fully saturated rings. The van der Waals surface area contributed by atoms with E-state index in [9.17, 15) is 10.0 Å². The lowest BCUT2D eigenvalue weighted by molar-refractivity contribution is -0.104. The highest BCUT2D eigenvalue weighted by Gasteiger charge is 2.43. The summed E-state index contributed by atoms with van der Waals surface area (Å²) in [5.74, 6) is 0.400. The molecule has 0 aromatic carbocycles. The van der Waals surface area contributed by atoms with Crippen molar-refractivity contribution in [2.75, 3.05) is 19.6 Å². The summed E-state index contributed by atoms with van der Waals surface area (Å²) in [7, 11) is 0. The van der Waals surface area contributed by atoms with Gasteiger partial charge in [0.2, 0.25) is 0 Å². The second-order valence-corrected chi connectivity index (χ2v) is 5.66. The summed E-state index contributed by atoms with van der Waals surface area (Å²) < 4.78 is 5.31. The first-order chi connectivity index (χ1) is 7.37. The molecule has 0 aromatic rings. The molecule has 2 atom stereocenters. The third-order valence-corrected chi connectivity index (χ3v) is 3.17. The minimum Gasteiger partial charge on any atom is -0.444 e. The molecule has 16 heavy (non-hydrogen) atoms. The van der Waals surface area contributed by atoms with E-state index in [4.69, 9.17) is 4.74 Å². The highest BCUT2D eigenvalue weighted by Crippen LogP contribution is 2.30. The van der Waals surface area contributed by atoms with Crippen molar-refractivity contribution in [3.05, 3.63) is 0 Å². The van der Waals surface area contributed by atoms with E-state index in [0.29, 0.717) is 19.0 Å². The van der Waals surface area contributed by atoms with E-state index in [-0.39, 0.29) is 12.1 Å². The van der Waals surface area contributed by atoms with E-state index in [2.05, 4.69) is 0 Å². The van der Waals surface area contributed by atoms with Crippen molar-refractivity contribution in [1.29, 1.82) is 0 Å². The lowest BCUT2D eigenvalue weighted by atomic mass is 10.1. The lowest BCUT2D eigenvalue weighted by Crippen LogP contribution is -2.38. The summed E-state index contributed by atoms with van der Waals surface area (Å²) in [6.07, 6.45) is 0.691. The van der Waals surface area contributed by atoms with Crippen molar-refractivity contribution < 1.29 is 14.7 Å². The number of hydrogen-bond donors (Lipinski definition) is 1. The maximum absolute atomic E-state index is 11.8. The number of fused-ring (bicyclic) bond motifs is 1. The fraction of sp³-hybridized carbons (Fsp3) is 0.909.